The van der Waals surface area contributed by atoms with Crippen molar-refractivity contribution in [1.82, 2.24) is 0 Å². The van der Waals surface area contributed by atoms with Crippen molar-refractivity contribution in [3.8, 4) is 5.75 Å². The van der Waals surface area contributed by atoms with E-state index in [1.165, 1.54) is 5.56 Å². The lowest BCUT2D eigenvalue weighted by Gasteiger charge is -2.21. The molecule has 1 rings (SSSR count). The van der Waals surface area contributed by atoms with Crippen molar-refractivity contribution < 1.29 is 4.84 Å². The van der Waals surface area contributed by atoms with E-state index < -0.39 is 0 Å². The van der Waals surface area contributed by atoms with Gasteiger partial charge in [0.1, 0.15) is 0 Å². The lowest BCUT2D eigenvalue weighted by atomic mass is 9.86. The van der Waals surface area contributed by atoms with Crippen LogP contribution >= 0.6 is 11.6 Å². The third kappa shape index (κ3) is 2.89. The van der Waals surface area contributed by atoms with E-state index in [1.54, 1.807) is 0 Å². The zero-order valence-electron chi connectivity index (χ0n) is 10.4. The molecule has 1 atom stereocenters. The second-order valence-corrected chi connectivity index (χ2v) is 5.52. The van der Waals surface area contributed by atoms with Gasteiger partial charge in [0.05, 0.1) is 5.38 Å². The molecule has 2 N–H and O–H groups in total. The Labute approximate surface area is 103 Å². The fourth-order valence-electron chi connectivity index (χ4n) is 1.58. The number of nitrogens with two attached hydrogens (primary N) is 1. The summed E-state index contributed by atoms with van der Waals surface area (Å²) in [4.78, 5) is 4.92. The standard InChI is InChI=1S/C13H20ClNO/c1-5-11(14)10-7-6-9(13(2,3)4)8-12(10)16-15/h6-8,11H,5,15H2,1-4H3. The fourth-order valence-corrected chi connectivity index (χ4v) is 1.76. The molecule has 1 aromatic carbocycles. The molecule has 0 aliphatic carbocycles. The third-order valence-electron chi connectivity index (χ3n) is 2.70. The van der Waals surface area contributed by atoms with Gasteiger partial charge in [-0.15, -0.1) is 11.6 Å². The quantitative estimate of drug-likeness (QED) is 0.643. The lowest BCUT2D eigenvalue weighted by molar-refractivity contribution is 0.329. The van der Waals surface area contributed by atoms with E-state index in [0.717, 1.165) is 12.0 Å². The molecule has 0 heterocycles. The van der Waals surface area contributed by atoms with Gasteiger partial charge in [-0.2, -0.15) is 5.90 Å². The van der Waals surface area contributed by atoms with Crippen LogP contribution in [0.2, 0.25) is 0 Å². The molecule has 0 fully saturated rings. The first-order valence-corrected chi connectivity index (χ1v) is 5.99. The van der Waals surface area contributed by atoms with Crippen molar-refractivity contribution in [2.45, 2.75) is 44.9 Å². The molecule has 0 spiro atoms. The molecule has 90 valence electrons. The molecular formula is C13H20ClNO. The molecule has 2 nitrogen and oxygen atoms in total. The molecular weight excluding hydrogens is 222 g/mol. The van der Waals surface area contributed by atoms with Crippen molar-refractivity contribution in [3.63, 3.8) is 0 Å². The monoisotopic (exact) mass is 241 g/mol. The smallest absolute Gasteiger partial charge is 0.151 e. The summed E-state index contributed by atoms with van der Waals surface area (Å²) in [6.07, 6.45) is 0.854. The zero-order chi connectivity index (χ0) is 12.3. The van der Waals surface area contributed by atoms with Crippen LogP contribution in [-0.2, 0) is 5.41 Å². The second kappa shape index (κ2) is 5.07. The molecule has 0 saturated carbocycles. The highest BCUT2D eigenvalue weighted by atomic mass is 35.5. The normalized spacial score (nSPS) is 13.6. The number of benzene rings is 1. The number of hydrogen-bond acceptors (Lipinski definition) is 2. The first-order chi connectivity index (χ1) is 7.40. The van der Waals surface area contributed by atoms with E-state index in [1.807, 2.05) is 19.1 Å². The molecule has 1 unspecified atom stereocenters. The van der Waals surface area contributed by atoms with Crippen molar-refractivity contribution in [2.24, 2.45) is 5.90 Å². The second-order valence-electron chi connectivity index (χ2n) is 5.00. The van der Waals surface area contributed by atoms with E-state index in [-0.39, 0.29) is 10.8 Å². The van der Waals surface area contributed by atoms with E-state index in [4.69, 9.17) is 22.3 Å². The largest absolute Gasteiger partial charge is 0.411 e. The maximum atomic E-state index is 6.21. The molecule has 0 amide bonds. The lowest BCUT2D eigenvalue weighted by Crippen LogP contribution is -2.13. The number of rotatable bonds is 3. The van der Waals surface area contributed by atoms with Crippen LogP contribution in [0.5, 0.6) is 5.75 Å². The van der Waals surface area contributed by atoms with E-state index in [2.05, 4.69) is 26.8 Å². The van der Waals surface area contributed by atoms with E-state index in [0.29, 0.717) is 5.75 Å². The average molecular weight is 242 g/mol. The highest BCUT2D eigenvalue weighted by Gasteiger charge is 2.18. The zero-order valence-corrected chi connectivity index (χ0v) is 11.1. The maximum Gasteiger partial charge on any atom is 0.151 e. The van der Waals surface area contributed by atoms with Gasteiger partial charge >= 0.3 is 0 Å². The van der Waals surface area contributed by atoms with E-state index in [9.17, 15) is 0 Å². The minimum Gasteiger partial charge on any atom is -0.411 e. The van der Waals surface area contributed by atoms with Gasteiger partial charge in [0.15, 0.2) is 5.75 Å². The van der Waals surface area contributed by atoms with Gasteiger partial charge in [-0.25, -0.2) is 0 Å². The van der Waals surface area contributed by atoms with Crippen LogP contribution in [0.3, 0.4) is 0 Å². The van der Waals surface area contributed by atoms with Gasteiger partial charge in [0.25, 0.3) is 0 Å². The summed E-state index contributed by atoms with van der Waals surface area (Å²) >= 11 is 6.21. The van der Waals surface area contributed by atoms with Crippen LogP contribution in [0.4, 0.5) is 0 Å². The Hall–Kier alpha value is -0.730. The summed E-state index contributed by atoms with van der Waals surface area (Å²) in [6, 6.07) is 6.06. The number of hydrogen-bond donors (Lipinski definition) is 1. The first-order valence-electron chi connectivity index (χ1n) is 5.55. The summed E-state index contributed by atoms with van der Waals surface area (Å²) in [7, 11) is 0. The third-order valence-corrected chi connectivity index (χ3v) is 3.25. The van der Waals surface area contributed by atoms with Gasteiger partial charge < -0.3 is 4.84 Å². The van der Waals surface area contributed by atoms with Crippen molar-refractivity contribution in [2.75, 3.05) is 0 Å². The predicted molar refractivity (Wildman–Crippen MR) is 68.8 cm³/mol. The minimum absolute atomic E-state index is 0.0485. The molecule has 0 saturated heterocycles. The Morgan fingerprint density at radius 2 is 2.00 bits per heavy atom. The summed E-state index contributed by atoms with van der Waals surface area (Å²) in [6.45, 7) is 8.50. The number of halogens is 1. The van der Waals surface area contributed by atoms with Gasteiger partial charge in [-0.05, 0) is 23.5 Å². The first kappa shape index (κ1) is 13.3. The Morgan fingerprint density at radius 1 is 1.38 bits per heavy atom. The summed E-state index contributed by atoms with van der Waals surface area (Å²) in [5, 5.41) is -0.0485. The molecule has 0 radical (unpaired) electrons. The Morgan fingerprint density at radius 3 is 2.44 bits per heavy atom. The average Bonchev–Trinajstić information content (AvgIpc) is 2.26. The van der Waals surface area contributed by atoms with Crippen molar-refractivity contribution in [3.05, 3.63) is 29.3 Å². The van der Waals surface area contributed by atoms with Crippen molar-refractivity contribution in [1.29, 1.82) is 0 Å². The molecule has 3 heteroatoms. The predicted octanol–water partition coefficient (Wildman–Crippen LogP) is 3.93. The maximum absolute atomic E-state index is 6.21. The Kier molecular flexibility index (Phi) is 4.22. The van der Waals surface area contributed by atoms with Gasteiger partial charge in [-0.3, -0.25) is 0 Å². The van der Waals surface area contributed by atoms with Crippen LogP contribution < -0.4 is 10.7 Å². The van der Waals surface area contributed by atoms with Crippen LogP contribution in [0, 0.1) is 0 Å². The van der Waals surface area contributed by atoms with Crippen LogP contribution in [0.1, 0.15) is 50.6 Å². The molecule has 0 bridgehead atoms. The molecule has 16 heavy (non-hydrogen) atoms. The van der Waals surface area contributed by atoms with E-state index >= 15 is 0 Å². The SMILES string of the molecule is CCC(Cl)c1ccc(C(C)(C)C)cc1ON. The Bertz CT molecular complexity index is 357. The number of alkyl halides is 1. The summed E-state index contributed by atoms with van der Waals surface area (Å²) < 4.78 is 0. The molecule has 0 aromatic heterocycles. The van der Waals surface area contributed by atoms with Crippen molar-refractivity contribution >= 4 is 11.6 Å². The molecule has 0 aliphatic rings. The van der Waals surface area contributed by atoms with Gasteiger partial charge in [-0.1, -0.05) is 39.8 Å². The van der Waals surface area contributed by atoms with Gasteiger partial charge in [0, 0.05) is 5.56 Å². The van der Waals surface area contributed by atoms with Gasteiger partial charge in [0.2, 0.25) is 0 Å². The highest BCUT2D eigenvalue weighted by Crippen LogP contribution is 2.35. The summed E-state index contributed by atoms with van der Waals surface area (Å²) in [5.74, 6) is 5.97. The fraction of sp³-hybridized carbons (Fsp3) is 0.538. The molecule has 1 aromatic rings. The highest BCUT2D eigenvalue weighted by molar-refractivity contribution is 6.21. The Balaban J connectivity index is 3.17. The summed E-state index contributed by atoms with van der Waals surface area (Å²) in [5.41, 5.74) is 2.23. The van der Waals surface area contributed by atoms with Crippen LogP contribution in [0.25, 0.3) is 0 Å². The van der Waals surface area contributed by atoms with Crippen LogP contribution in [-0.4, -0.2) is 0 Å². The van der Waals surface area contributed by atoms with Crippen LogP contribution in [0.15, 0.2) is 18.2 Å². The minimum atomic E-state index is -0.0485. The molecule has 0 aliphatic heterocycles. The topological polar surface area (TPSA) is 35.2 Å².